The Balaban J connectivity index is 1.36. The van der Waals surface area contributed by atoms with E-state index < -0.39 is 0 Å². The highest BCUT2D eigenvalue weighted by Gasteiger charge is 2.24. The summed E-state index contributed by atoms with van der Waals surface area (Å²) >= 11 is 7.59. The lowest BCUT2D eigenvalue weighted by Gasteiger charge is -2.34. The number of carbonyl (C=O) groups is 1. The molecule has 1 saturated heterocycles. The number of amides is 1. The first-order chi connectivity index (χ1) is 11.7. The molecule has 0 N–H and O–H groups in total. The van der Waals surface area contributed by atoms with Crippen molar-refractivity contribution >= 4 is 28.8 Å². The number of piperazine rings is 1. The Hall–Kier alpha value is -1.76. The highest BCUT2D eigenvalue weighted by molar-refractivity contribution is 7.16. The number of nitrogens with zero attached hydrogens (tertiary/aromatic N) is 2. The maximum atomic E-state index is 12.7. The Morgan fingerprint density at radius 1 is 1.08 bits per heavy atom. The lowest BCUT2D eigenvalue weighted by molar-refractivity contribution is 0.0629. The van der Waals surface area contributed by atoms with Crippen molar-refractivity contribution in [2.24, 2.45) is 0 Å². The fourth-order valence-corrected chi connectivity index (χ4v) is 4.11. The lowest BCUT2D eigenvalue weighted by atomic mass is 10.1. The van der Waals surface area contributed by atoms with Crippen LogP contribution < -0.4 is 9.47 Å². The molecule has 5 nitrogen and oxygen atoms in total. The number of hydrogen-bond donors (Lipinski definition) is 0. The molecule has 1 amide bonds. The summed E-state index contributed by atoms with van der Waals surface area (Å²) in [6.07, 6.45) is 0. The van der Waals surface area contributed by atoms with E-state index in [0.717, 1.165) is 37.1 Å². The normalized spacial score (nSPS) is 17.3. The molecule has 4 rings (SSSR count). The predicted molar refractivity (Wildman–Crippen MR) is 93.1 cm³/mol. The van der Waals surface area contributed by atoms with Gasteiger partial charge >= 0.3 is 0 Å². The molecular weight excluding hydrogens is 348 g/mol. The standard InChI is InChI=1S/C17H17ClN2O3S/c18-16-4-2-13(24-16)10-19-5-7-20(8-6-19)17(21)12-1-3-14-15(9-12)23-11-22-14/h1-4,9H,5-8,10-11H2. The van der Waals surface area contributed by atoms with Gasteiger partial charge in [0.25, 0.3) is 5.91 Å². The molecule has 2 aliphatic heterocycles. The number of carbonyl (C=O) groups excluding carboxylic acids is 1. The molecule has 0 saturated carbocycles. The average Bonchev–Trinajstić information content (AvgIpc) is 3.23. The van der Waals surface area contributed by atoms with E-state index >= 15 is 0 Å². The van der Waals surface area contributed by atoms with Crippen LogP contribution in [0.2, 0.25) is 4.34 Å². The van der Waals surface area contributed by atoms with Crippen LogP contribution in [0.15, 0.2) is 30.3 Å². The van der Waals surface area contributed by atoms with Gasteiger partial charge in [0.1, 0.15) is 0 Å². The molecule has 0 spiro atoms. The van der Waals surface area contributed by atoms with Gasteiger partial charge in [0.15, 0.2) is 11.5 Å². The molecule has 3 heterocycles. The van der Waals surface area contributed by atoms with Gasteiger partial charge in [0.05, 0.1) is 4.34 Å². The van der Waals surface area contributed by atoms with Crippen molar-refractivity contribution < 1.29 is 14.3 Å². The number of halogens is 1. The van der Waals surface area contributed by atoms with E-state index in [2.05, 4.69) is 11.0 Å². The Morgan fingerprint density at radius 3 is 2.62 bits per heavy atom. The summed E-state index contributed by atoms with van der Waals surface area (Å²) in [5, 5.41) is 0. The van der Waals surface area contributed by atoms with Crippen LogP contribution in [-0.4, -0.2) is 48.7 Å². The van der Waals surface area contributed by atoms with E-state index in [9.17, 15) is 4.79 Å². The highest BCUT2D eigenvalue weighted by Crippen LogP contribution is 2.33. The third-order valence-corrected chi connectivity index (χ3v) is 5.50. The SMILES string of the molecule is O=C(c1ccc2c(c1)OCO2)N1CCN(Cc2ccc(Cl)s2)CC1. The number of thiophene rings is 1. The van der Waals surface area contributed by atoms with Crippen molar-refractivity contribution in [2.75, 3.05) is 33.0 Å². The Kier molecular flexibility index (Phi) is 4.35. The van der Waals surface area contributed by atoms with Crippen LogP contribution in [0, 0.1) is 0 Å². The molecule has 0 atom stereocenters. The summed E-state index contributed by atoms with van der Waals surface area (Å²) in [6, 6.07) is 9.37. The second kappa shape index (κ2) is 6.63. The summed E-state index contributed by atoms with van der Waals surface area (Å²) in [4.78, 5) is 18.2. The number of benzene rings is 1. The monoisotopic (exact) mass is 364 g/mol. The molecule has 0 radical (unpaired) electrons. The quantitative estimate of drug-likeness (QED) is 0.839. The van der Waals surface area contributed by atoms with E-state index in [1.165, 1.54) is 4.88 Å². The Labute approximate surface area is 149 Å². The second-order valence-electron chi connectivity index (χ2n) is 5.84. The van der Waals surface area contributed by atoms with Crippen LogP contribution in [0.5, 0.6) is 11.5 Å². The van der Waals surface area contributed by atoms with E-state index in [1.54, 1.807) is 29.5 Å². The van der Waals surface area contributed by atoms with Gasteiger partial charge in [-0.15, -0.1) is 11.3 Å². The molecule has 1 aromatic carbocycles. The van der Waals surface area contributed by atoms with E-state index in [-0.39, 0.29) is 12.7 Å². The number of rotatable bonds is 3. The van der Waals surface area contributed by atoms with Crippen LogP contribution in [-0.2, 0) is 6.54 Å². The topological polar surface area (TPSA) is 42.0 Å². The van der Waals surface area contributed by atoms with E-state index in [0.29, 0.717) is 17.1 Å². The summed E-state index contributed by atoms with van der Waals surface area (Å²) in [7, 11) is 0. The van der Waals surface area contributed by atoms with Crippen LogP contribution in [0.25, 0.3) is 0 Å². The van der Waals surface area contributed by atoms with Gasteiger partial charge in [0.2, 0.25) is 6.79 Å². The molecule has 0 bridgehead atoms. The maximum Gasteiger partial charge on any atom is 0.254 e. The first-order valence-electron chi connectivity index (χ1n) is 7.84. The minimum atomic E-state index is 0.0483. The highest BCUT2D eigenvalue weighted by atomic mass is 35.5. The number of ether oxygens (including phenoxy) is 2. The van der Waals surface area contributed by atoms with Crippen molar-refractivity contribution in [3.63, 3.8) is 0 Å². The predicted octanol–water partition coefficient (Wildman–Crippen LogP) is 3.09. The molecule has 0 aliphatic carbocycles. The molecule has 126 valence electrons. The minimum Gasteiger partial charge on any atom is -0.454 e. The van der Waals surface area contributed by atoms with Crippen molar-refractivity contribution in [3.8, 4) is 11.5 Å². The van der Waals surface area contributed by atoms with Gasteiger partial charge in [0, 0.05) is 43.2 Å². The molecule has 1 aromatic heterocycles. The van der Waals surface area contributed by atoms with Gasteiger partial charge in [-0.25, -0.2) is 0 Å². The Morgan fingerprint density at radius 2 is 1.88 bits per heavy atom. The van der Waals surface area contributed by atoms with Crippen molar-refractivity contribution in [1.82, 2.24) is 9.80 Å². The number of fused-ring (bicyclic) bond motifs is 1. The summed E-state index contributed by atoms with van der Waals surface area (Å²) in [5.41, 5.74) is 0.651. The second-order valence-corrected chi connectivity index (χ2v) is 7.64. The first-order valence-corrected chi connectivity index (χ1v) is 9.04. The first kappa shape index (κ1) is 15.7. The molecule has 0 unspecified atom stereocenters. The van der Waals surface area contributed by atoms with Gasteiger partial charge < -0.3 is 14.4 Å². The van der Waals surface area contributed by atoms with E-state index in [4.69, 9.17) is 21.1 Å². The third-order valence-electron chi connectivity index (χ3n) is 4.29. The molecule has 2 aliphatic rings. The summed E-state index contributed by atoms with van der Waals surface area (Å²) in [5.74, 6) is 1.40. The molecule has 1 fully saturated rings. The van der Waals surface area contributed by atoms with Crippen molar-refractivity contribution in [1.29, 1.82) is 0 Å². The minimum absolute atomic E-state index is 0.0483. The zero-order valence-electron chi connectivity index (χ0n) is 13.0. The average molecular weight is 365 g/mol. The molecule has 24 heavy (non-hydrogen) atoms. The van der Waals surface area contributed by atoms with Gasteiger partial charge in [-0.1, -0.05) is 11.6 Å². The number of hydrogen-bond acceptors (Lipinski definition) is 5. The smallest absolute Gasteiger partial charge is 0.254 e. The summed E-state index contributed by atoms with van der Waals surface area (Å²) in [6.45, 7) is 4.30. The molecule has 7 heteroatoms. The van der Waals surface area contributed by atoms with E-state index in [1.807, 2.05) is 11.0 Å². The van der Waals surface area contributed by atoms with Gasteiger partial charge in [-0.2, -0.15) is 0 Å². The van der Waals surface area contributed by atoms with Crippen molar-refractivity contribution in [3.05, 3.63) is 45.1 Å². The zero-order valence-corrected chi connectivity index (χ0v) is 14.6. The third kappa shape index (κ3) is 3.22. The fraction of sp³-hybridized carbons (Fsp3) is 0.353. The van der Waals surface area contributed by atoms with Crippen LogP contribution in [0.1, 0.15) is 15.2 Å². The molecular formula is C17H17ClN2O3S. The largest absolute Gasteiger partial charge is 0.454 e. The zero-order chi connectivity index (χ0) is 16.5. The summed E-state index contributed by atoms with van der Waals surface area (Å²) < 4.78 is 11.5. The molecule has 2 aromatic rings. The van der Waals surface area contributed by atoms with Gasteiger partial charge in [-0.05, 0) is 30.3 Å². The van der Waals surface area contributed by atoms with Crippen molar-refractivity contribution in [2.45, 2.75) is 6.54 Å². The lowest BCUT2D eigenvalue weighted by Crippen LogP contribution is -2.48. The maximum absolute atomic E-state index is 12.7. The fourth-order valence-electron chi connectivity index (χ4n) is 2.98. The van der Waals surface area contributed by atoms with Crippen LogP contribution in [0.4, 0.5) is 0 Å². The Bertz CT molecular complexity index is 756. The van der Waals surface area contributed by atoms with Crippen LogP contribution >= 0.6 is 22.9 Å². The van der Waals surface area contributed by atoms with Crippen LogP contribution in [0.3, 0.4) is 0 Å². The van der Waals surface area contributed by atoms with Gasteiger partial charge in [-0.3, -0.25) is 9.69 Å².